The SMILES string of the molecule is COP(=O)(OC)C(O)[C@H](CC1CCCCC1)NC(=O)[C@H](CC(C)C)NC(=O)[C@H](Cc1ccccc1)NC(=O)CCCCCNC(=O)OCc1ccccc1. The molecule has 14 heteroatoms. The van der Waals surface area contributed by atoms with Gasteiger partial charge in [0.1, 0.15) is 18.7 Å². The van der Waals surface area contributed by atoms with Gasteiger partial charge in [-0.25, -0.2) is 4.79 Å². The molecule has 1 aliphatic carbocycles. The molecule has 1 unspecified atom stereocenters. The summed E-state index contributed by atoms with van der Waals surface area (Å²) in [5, 5.41) is 22.6. The molecule has 1 fully saturated rings. The van der Waals surface area contributed by atoms with Crippen molar-refractivity contribution < 1.29 is 42.6 Å². The first-order chi connectivity index (χ1) is 25.9. The van der Waals surface area contributed by atoms with Crippen LogP contribution in [0.2, 0.25) is 0 Å². The van der Waals surface area contributed by atoms with Gasteiger partial charge in [-0.15, -0.1) is 0 Å². The Kier molecular flexibility index (Phi) is 19.7. The lowest BCUT2D eigenvalue weighted by Gasteiger charge is -2.33. The van der Waals surface area contributed by atoms with Crippen molar-refractivity contribution in [1.29, 1.82) is 0 Å². The lowest BCUT2D eigenvalue weighted by atomic mass is 9.85. The number of aliphatic hydroxyl groups excluding tert-OH is 1. The largest absolute Gasteiger partial charge is 0.445 e. The molecule has 3 rings (SSSR count). The summed E-state index contributed by atoms with van der Waals surface area (Å²) in [5.41, 5.74) is 1.73. The quantitative estimate of drug-likeness (QED) is 0.0670. The third kappa shape index (κ3) is 15.9. The van der Waals surface area contributed by atoms with E-state index in [2.05, 4.69) is 21.3 Å². The maximum atomic E-state index is 13.9. The molecular weight excluding hydrogens is 711 g/mol. The van der Waals surface area contributed by atoms with Crippen LogP contribution in [0.25, 0.3) is 0 Å². The fourth-order valence-electron chi connectivity index (χ4n) is 6.68. The second-order valence-electron chi connectivity index (χ2n) is 14.5. The normalized spacial score (nSPS) is 15.7. The zero-order chi connectivity index (χ0) is 39.3. The van der Waals surface area contributed by atoms with E-state index in [0.717, 1.165) is 43.2 Å². The fraction of sp³-hybridized carbons (Fsp3) is 0.600. The Morgan fingerprint density at radius 3 is 2.02 bits per heavy atom. The summed E-state index contributed by atoms with van der Waals surface area (Å²) in [7, 11) is -1.57. The van der Waals surface area contributed by atoms with Crippen molar-refractivity contribution in [2.24, 2.45) is 11.8 Å². The molecule has 5 N–H and O–H groups in total. The molecule has 1 aliphatic rings. The van der Waals surface area contributed by atoms with Crippen LogP contribution >= 0.6 is 7.60 Å². The summed E-state index contributed by atoms with van der Waals surface area (Å²) in [4.78, 5) is 53.0. The van der Waals surface area contributed by atoms with E-state index in [4.69, 9.17) is 13.8 Å². The second-order valence-corrected chi connectivity index (χ2v) is 16.8. The molecule has 300 valence electrons. The summed E-state index contributed by atoms with van der Waals surface area (Å²) < 4.78 is 28.7. The molecule has 0 heterocycles. The van der Waals surface area contributed by atoms with Crippen molar-refractivity contribution in [3.63, 3.8) is 0 Å². The molecule has 0 bridgehead atoms. The van der Waals surface area contributed by atoms with Gasteiger partial charge in [0.25, 0.3) is 0 Å². The van der Waals surface area contributed by atoms with Crippen LogP contribution in [0.4, 0.5) is 4.79 Å². The van der Waals surface area contributed by atoms with Crippen molar-refractivity contribution in [2.45, 2.75) is 121 Å². The minimum absolute atomic E-state index is 0.00851. The zero-order valence-electron chi connectivity index (χ0n) is 32.3. The van der Waals surface area contributed by atoms with E-state index in [1.165, 1.54) is 14.2 Å². The first kappa shape index (κ1) is 44.6. The maximum Gasteiger partial charge on any atom is 0.407 e. The van der Waals surface area contributed by atoms with Gasteiger partial charge in [-0.1, -0.05) is 113 Å². The molecule has 4 atom stereocenters. The lowest BCUT2D eigenvalue weighted by molar-refractivity contribution is -0.132. The summed E-state index contributed by atoms with van der Waals surface area (Å²) in [6.07, 6.45) is 7.47. The predicted octanol–water partition coefficient (Wildman–Crippen LogP) is 5.99. The van der Waals surface area contributed by atoms with Gasteiger partial charge in [0.2, 0.25) is 17.7 Å². The topological polar surface area (TPSA) is 181 Å². The highest BCUT2D eigenvalue weighted by Gasteiger charge is 2.41. The Morgan fingerprint density at radius 2 is 1.41 bits per heavy atom. The molecule has 13 nitrogen and oxygen atoms in total. The van der Waals surface area contributed by atoms with Crippen LogP contribution in [0.15, 0.2) is 60.7 Å². The van der Waals surface area contributed by atoms with E-state index in [-0.39, 0.29) is 43.6 Å². The molecule has 0 radical (unpaired) electrons. The number of carbonyl (C=O) groups is 4. The summed E-state index contributed by atoms with van der Waals surface area (Å²) in [6, 6.07) is 15.8. The van der Waals surface area contributed by atoms with E-state index in [1.54, 1.807) is 0 Å². The molecule has 0 aliphatic heterocycles. The first-order valence-electron chi connectivity index (χ1n) is 19.2. The number of alkyl carbamates (subject to hydrolysis) is 1. The third-order valence-corrected chi connectivity index (χ3v) is 11.7. The second kappa shape index (κ2) is 23.9. The Bertz CT molecular complexity index is 1470. The van der Waals surface area contributed by atoms with E-state index in [0.29, 0.717) is 32.2 Å². The third-order valence-electron chi connectivity index (χ3n) is 9.67. The number of nitrogens with one attached hydrogen (secondary N) is 4. The van der Waals surface area contributed by atoms with Gasteiger partial charge in [-0.05, 0) is 48.6 Å². The summed E-state index contributed by atoms with van der Waals surface area (Å²) >= 11 is 0. The van der Waals surface area contributed by atoms with Gasteiger partial charge < -0.3 is 40.2 Å². The number of hydrogen-bond donors (Lipinski definition) is 5. The van der Waals surface area contributed by atoms with Gasteiger partial charge in [0.15, 0.2) is 5.85 Å². The standard InChI is InChI=1S/C40H61N4O9P/c1-29(2)25-33(37(46)44-35(27-31-19-11-6-12-20-31)39(48)54(50,51-3)52-4)43-38(47)34(26-30-17-9-5-10-18-30)42-36(45)23-15-8-16-24-41-40(49)53-28-32-21-13-7-14-22-32/h5,7,9-10,13-14,17-18,21-22,29,31,33-35,39,48H,6,8,11-12,15-16,19-20,23-28H2,1-4H3,(H,41,49)(H,42,45)(H,43,47)(H,44,46)/t33-,34-,35-,39?/m0/s1. The van der Waals surface area contributed by atoms with Crippen molar-refractivity contribution in [3.05, 3.63) is 71.8 Å². The average Bonchev–Trinajstić information content (AvgIpc) is 3.18. The molecule has 0 aromatic heterocycles. The summed E-state index contributed by atoms with van der Waals surface area (Å²) in [6.45, 7) is 4.44. The highest BCUT2D eigenvalue weighted by atomic mass is 31.2. The maximum absolute atomic E-state index is 13.9. The van der Waals surface area contributed by atoms with Crippen LogP contribution in [0, 0.1) is 11.8 Å². The number of rotatable bonds is 23. The number of aliphatic hydroxyl groups is 1. The number of benzene rings is 2. The smallest absolute Gasteiger partial charge is 0.407 e. The molecule has 1 saturated carbocycles. The lowest BCUT2D eigenvalue weighted by Crippen LogP contribution is -2.57. The van der Waals surface area contributed by atoms with Crippen molar-refractivity contribution in [1.82, 2.24) is 21.3 Å². The summed E-state index contributed by atoms with van der Waals surface area (Å²) in [5.74, 6) is -2.75. The minimum atomic E-state index is -3.96. The molecular formula is C40H61N4O9P. The van der Waals surface area contributed by atoms with Gasteiger partial charge in [0.05, 0.1) is 6.04 Å². The van der Waals surface area contributed by atoms with Crippen LogP contribution < -0.4 is 21.3 Å². The highest BCUT2D eigenvalue weighted by Crippen LogP contribution is 2.52. The Hall–Kier alpha value is -3.77. The van der Waals surface area contributed by atoms with Crippen LogP contribution in [0.5, 0.6) is 0 Å². The fourth-order valence-corrected chi connectivity index (χ4v) is 7.90. The number of carbonyl (C=O) groups excluding carboxylic acids is 4. The van der Waals surface area contributed by atoms with Gasteiger partial charge in [0, 0.05) is 33.6 Å². The first-order valence-corrected chi connectivity index (χ1v) is 20.8. The number of amides is 4. The average molecular weight is 773 g/mol. The van der Waals surface area contributed by atoms with Crippen molar-refractivity contribution >= 4 is 31.4 Å². The van der Waals surface area contributed by atoms with E-state index < -0.39 is 49.5 Å². The Balaban J connectivity index is 1.61. The van der Waals surface area contributed by atoms with Crippen molar-refractivity contribution in [3.8, 4) is 0 Å². The molecule has 2 aromatic carbocycles. The van der Waals surface area contributed by atoms with Gasteiger partial charge in [-0.3, -0.25) is 18.9 Å². The van der Waals surface area contributed by atoms with E-state index >= 15 is 0 Å². The molecule has 0 spiro atoms. The van der Waals surface area contributed by atoms with Crippen LogP contribution in [0.3, 0.4) is 0 Å². The number of unbranched alkanes of at least 4 members (excludes halogenated alkanes) is 2. The minimum Gasteiger partial charge on any atom is -0.445 e. The zero-order valence-corrected chi connectivity index (χ0v) is 33.2. The molecule has 2 aromatic rings. The van der Waals surface area contributed by atoms with E-state index in [1.807, 2.05) is 74.5 Å². The molecule has 0 saturated heterocycles. The van der Waals surface area contributed by atoms with Gasteiger partial charge in [-0.2, -0.15) is 0 Å². The van der Waals surface area contributed by atoms with E-state index in [9.17, 15) is 28.8 Å². The number of ether oxygens (including phenoxy) is 1. The monoisotopic (exact) mass is 772 g/mol. The Morgan fingerprint density at radius 1 is 0.796 bits per heavy atom. The predicted molar refractivity (Wildman–Crippen MR) is 207 cm³/mol. The van der Waals surface area contributed by atoms with Gasteiger partial charge >= 0.3 is 13.7 Å². The van der Waals surface area contributed by atoms with Crippen molar-refractivity contribution in [2.75, 3.05) is 20.8 Å². The molecule has 54 heavy (non-hydrogen) atoms. The van der Waals surface area contributed by atoms with Crippen LogP contribution in [0.1, 0.15) is 95.6 Å². The molecule has 4 amide bonds. The van der Waals surface area contributed by atoms with Crippen LogP contribution in [-0.2, 0) is 45.8 Å². The van der Waals surface area contributed by atoms with Crippen LogP contribution in [-0.4, -0.2) is 73.7 Å². The highest BCUT2D eigenvalue weighted by molar-refractivity contribution is 7.54. The number of hydrogen-bond acceptors (Lipinski definition) is 9. The Labute approximate surface area is 320 Å².